The number of nitrogens with zero attached hydrogens (tertiary/aromatic N) is 1. The van der Waals surface area contributed by atoms with Crippen molar-refractivity contribution in [3.05, 3.63) is 94.0 Å². The first-order valence-corrected chi connectivity index (χ1v) is 10.4. The summed E-state index contributed by atoms with van der Waals surface area (Å²) in [5.74, 6) is -0.604. The highest BCUT2D eigenvalue weighted by Gasteiger charge is 2.27. The number of halogens is 1. The fourth-order valence-corrected chi connectivity index (χ4v) is 4.12. The standard InChI is InChI=1S/C24H24BrNO4/c1-30-23-20(25)12-19(14-22(23)27)13-21(24(28)29)26(15-17-8-4-2-5-9-17)16-18-10-6-3-7-11-18/h2-12,14,21,27H,13,15-16H2,1H3,(H,28,29)/t21-/m0/s1. The molecule has 3 rings (SSSR count). The fourth-order valence-electron chi connectivity index (χ4n) is 3.46. The number of carbonyl (C=O) groups is 1. The van der Waals surface area contributed by atoms with E-state index in [4.69, 9.17) is 4.74 Å². The van der Waals surface area contributed by atoms with Gasteiger partial charge in [0, 0.05) is 13.1 Å². The van der Waals surface area contributed by atoms with Gasteiger partial charge in [-0.15, -0.1) is 0 Å². The number of methoxy groups -OCH3 is 1. The monoisotopic (exact) mass is 469 g/mol. The Balaban J connectivity index is 1.91. The van der Waals surface area contributed by atoms with Crippen molar-refractivity contribution in [3.63, 3.8) is 0 Å². The van der Waals surface area contributed by atoms with Gasteiger partial charge in [-0.3, -0.25) is 9.69 Å². The third-order valence-corrected chi connectivity index (χ3v) is 5.49. The minimum absolute atomic E-state index is 0.0244. The number of benzene rings is 3. The molecule has 5 nitrogen and oxygen atoms in total. The topological polar surface area (TPSA) is 70.0 Å². The molecule has 0 bridgehead atoms. The molecular weight excluding hydrogens is 446 g/mol. The summed E-state index contributed by atoms with van der Waals surface area (Å²) in [6.07, 6.45) is 0.241. The predicted octanol–water partition coefficient (Wildman–Crippen LogP) is 4.86. The summed E-state index contributed by atoms with van der Waals surface area (Å²) in [5.41, 5.74) is 2.79. The van der Waals surface area contributed by atoms with E-state index in [1.165, 1.54) is 7.11 Å². The molecule has 3 aromatic rings. The maximum Gasteiger partial charge on any atom is 0.321 e. The van der Waals surface area contributed by atoms with E-state index in [-0.39, 0.29) is 12.2 Å². The highest BCUT2D eigenvalue weighted by molar-refractivity contribution is 9.10. The molecule has 0 spiro atoms. The van der Waals surface area contributed by atoms with Gasteiger partial charge in [0.1, 0.15) is 6.04 Å². The third kappa shape index (κ3) is 5.62. The molecule has 0 unspecified atom stereocenters. The molecule has 0 amide bonds. The minimum atomic E-state index is -0.909. The van der Waals surface area contributed by atoms with Crippen molar-refractivity contribution in [3.8, 4) is 11.5 Å². The molecule has 3 aromatic carbocycles. The Kier molecular flexibility index (Phi) is 7.49. The molecule has 0 heterocycles. The number of aromatic hydroxyl groups is 1. The lowest BCUT2D eigenvalue weighted by Gasteiger charge is -2.29. The zero-order valence-electron chi connectivity index (χ0n) is 16.7. The summed E-state index contributed by atoms with van der Waals surface area (Å²) in [5, 5.41) is 20.3. The van der Waals surface area contributed by atoms with Crippen LogP contribution in [0.4, 0.5) is 0 Å². The molecule has 1 atom stereocenters. The van der Waals surface area contributed by atoms with Crippen LogP contribution in [0, 0.1) is 0 Å². The Morgan fingerprint density at radius 3 is 1.93 bits per heavy atom. The van der Waals surface area contributed by atoms with Crippen molar-refractivity contribution in [1.29, 1.82) is 0 Å². The van der Waals surface area contributed by atoms with Gasteiger partial charge in [-0.1, -0.05) is 60.7 Å². The van der Waals surface area contributed by atoms with Crippen LogP contribution >= 0.6 is 15.9 Å². The largest absolute Gasteiger partial charge is 0.504 e. The summed E-state index contributed by atoms with van der Waals surface area (Å²) >= 11 is 3.38. The Bertz CT molecular complexity index is 915. The van der Waals surface area contributed by atoms with Crippen LogP contribution in [0.5, 0.6) is 11.5 Å². The number of hydrogen-bond donors (Lipinski definition) is 2. The van der Waals surface area contributed by atoms with Crippen molar-refractivity contribution < 1.29 is 19.7 Å². The molecule has 2 N–H and O–H groups in total. The average Bonchev–Trinajstić information content (AvgIpc) is 2.73. The molecule has 30 heavy (non-hydrogen) atoms. The zero-order valence-corrected chi connectivity index (χ0v) is 18.2. The lowest BCUT2D eigenvalue weighted by molar-refractivity contribution is -0.143. The Hall–Kier alpha value is -2.83. The molecule has 6 heteroatoms. The second-order valence-electron chi connectivity index (χ2n) is 7.06. The number of ether oxygens (including phenoxy) is 1. The summed E-state index contributed by atoms with van der Waals surface area (Å²) in [6, 6.07) is 22.2. The van der Waals surface area contributed by atoms with Crippen molar-refractivity contribution in [1.82, 2.24) is 4.90 Å². The highest BCUT2D eigenvalue weighted by Crippen LogP contribution is 2.36. The van der Waals surface area contributed by atoms with Gasteiger partial charge in [0.05, 0.1) is 11.6 Å². The first-order valence-electron chi connectivity index (χ1n) is 9.58. The summed E-state index contributed by atoms with van der Waals surface area (Å²) in [4.78, 5) is 14.2. The molecule has 0 aliphatic carbocycles. The number of carboxylic acid groups (broad SMARTS) is 1. The van der Waals surface area contributed by atoms with Crippen LogP contribution in [0.25, 0.3) is 0 Å². The number of carboxylic acids is 1. The number of phenols is 1. The normalized spacial score (nSPS) is 12.0. The molecule has 0 aliphatic heterocycles. The van der Waals surface area contributed by atoms with Crippen molar-refractivity contribution in [2.24, 2.45) is 0 Å². The van der Waals surface area contributed by atoms with E-state index in [1.54, 1.807) is 12.1 Å². The number of phenolic OH excluding ortho intramolecular Hbond substituents is 1. The van der Waals surface area contributed by atoms with Gasteiger partial charge < -0.3 is 14.9 Å². The van der Waals surface area contributed by atoms with Gasteiger partial charge in [-0.05, 0) is 51.2 Å². The van der Waals surface area contributed by atoms with Crippen molar-refractivity contribution in [2.45, 2.75) is 25.6 Å². The molecule has 0 saturated heterocycles. The van der Waals surface area contributed by atoms with Gasteiger partial charge in [-0.2, -0.15) is 0 Å². The van der Waals surface area contributed by atoms with Gasteiger partial charge in [0.15, 0.2) is 11.5 Å². The van der Waals surface area contributed by atoms with Crippen LogP contribution < -0.4 is 4.74 Å². The van der Waals surface area contributed by atoms with E-state index < -0.39 is 12.0 Å². The van der Waals surface area contributed by atoms with Gasteiger partial charge >= 0.3 is 5.97 Å². The first-order chi connectivity index (χ1) is 14.5. The summed E-state index contributed by atoms with van der Waals surface area (Å²) in [7, 11) is 1.47. The van der Waals surface area contributed by atoms with Crippen LogP contribution in [0.15, 0.2) is 77.3 Å². The van der Waals surface area contributed by atoms with Crippen molar-refractivity contribution in [2.75, 3.05) is 7.11 Å². The fraction of sp³-hybridized carbons (Fsp3) is 0.208. The molecule has 0 fully saturated rings. The molecule has 156 valence electrons. The second-order valence-corrected chi connectivity index (χ2v) is 7.92. The minimum Gasteiger partial charge on any atom is -0.504 e. The van der Waals surface area contributed by atoms with E-state index in [0.29, 0.717) is 28.9 Å². The molecular formula is C24H24BrNO4. The Morgan fingerprint density at radius 1 is 0.967 bits per heavy atom. The Labute approximate surface area is 184 Å². The van der Waals surface area contributed by atoms with Crippen LogP contribution in [0.2, 0.25) is 0 Å². The van der Waals surface area contributed by atoms with Crippen LogP contribution in [0.1, 0.15) is 16.7 Å². The molecule has 0 aliphatic rings. The van der Waals surface area contributed by atoms with Gasteiger partial charge in [0.25, 0.3) is 0 Å². The van der Waals surface area contributed by atoms with E-state index >= 15 is 0 Å². The first kappa shape index (κ1) is 21.9. The SMILES string of the molecule is COc1c(O)cc(C[C@@H](C(=O)O)N(Cc2ccccc2)Cc2ccccc2)cc1Br. The lowest BCUT2D eigenvalue weighted by atomic mass is 10.0. The van der Waals surface area contributed by atoms with Crippen LogP contribution in [0.3, 0.4) is 0 Å². The van der Waals surface area contributed by atoms with Crippen molar-refractivity contribution >= 4 is 21.9 Å². The number of hydrogen-bond acceptors (Lipinski definition) is 4. The van der Waals surface area contributed by atoms with Crippen LogP contribution in [-0.4, -0.2) is 34.2 Å². The number of rotatable bonds is 9. The van der Waals surface area contributed by atoms with E-state index in [1.807, 2.05) is 65.6 Å². The summed E-state index contributed by atoms with van der Waals surface area (Å²) in [6.45, 7) is 0.992. The zero-order chi connectivity index (χ0) is 21.5. The van der Waals surface area contributed by atoms with E-state index in [9.17, 15) is 15.0 Å². The van der Waals surface area contributed by atoms with Gasteiger partial charge in [0.2, 0.25) is 0 Å². The lowest BCUT2D eigenvalue weighted by Crippen LogP contribution is -2.42. The molecule has 0 aromatic heterocycles. The maximum absolute atomic E-state index is 12.3. The Morgan fingerprint density at radius 2 is 1.50 bits per heavy atom. The van der Waals surface area contributed by atoms with E-state index in [0.717, 1.165) is 11.1 Å². The summed E-state index contributed by atoms with van der Waals surface area (Å²) < 4.78 is 5.75. The molecule has 0 radical (unpaired) electrons. The highest BCUT2D eigenvalue weighted by atomic mass is 79.9. The third-order valence-electron chi connectivity index (χ3n) is 4.90. The molecule has 0 saturated carbocycles. The van der Waals surface area contributed by atoms with Crippen LogP contribution in [-0.2, 0) is 24.3 Å². The van der Waals surface area contributed by atoms with E-state index in [2.05, 4.69) is 15.9 Å². The van der Waals surface area contributed by atoms with Gasteiger partial charge in [-0.25, -0.2) is 0 Å². The predicted molar refractivity (Wildman–Crippen MR) is 120 cm³/mol. The quantitative estimate of drug-likeness (QED) is 0.468. The average molecular weight is 470 g/mol. The smallest absolute Gasteiger partial charge is 0.321 e. The number of aliphatic carboxylic acids is 1. The second kappa shape index (κ2) is 10.3. The maximum atomic E-state index is 12.3.